The van der Waals surface area contributed by atoms with Crippen LogP contribution in [0.5, 0.6) is 0 Å². The predicted molar refractivity (Wildman–Crippen MR) is 273 cm³/mol. The minimum atomic E-state index is -0.733. The van der Waals surface area contributed by atoms with Crippen molar-refractivity contribution in [3.8, 4) is 96.7 Å². The molecule has 0 atom stereocenters. The molecule has 0 saturated heterocycles. The molecule has 11 aromatic rings. The Morgan fingerprint density at radius 2 is 0.594 bits per heavy atom. The maximum Gasteiger partial charge on any atom is 0.164 e. The third kappa shape index (κ3) is 7.43. The normalized spacial score (nSPS) is 12.2. The van der Waals surface area contributed by atoms with E-state index in [1.165, 1.54) is 0 Å². The van der Waals surface area contributed by atoms with Crippen LogP contribution in [0, 0.1) is 11.3 Å². The maximum atomic E-state index is 10.3. The Balaban J connectivity index is 1.13. The first-order chi connectivity index (χ1) is 34.1. The molecule has 7 heteroatoms. The lowest BCUT2D eigenvalue weighted by Gasteiger charge is -2.34. The predicted octanol–water partition coefficient (Wildman–Crippen LogP) is 14.0. The quantitative estimate of drug-likeness (QED) is 0.142. The van der Waals surface area contributed by atoms with Crippen LogP contribution in [0.2, 0.25) is 0 Å². The van der Waals surface area contributed by atoms with Crippen molar-refractivity contribution in [2.75, 3.05) is 0 Å². The molecule has 0 N–H and O–H groups in total. The van der Waals surface area contributed by atoms with Crippen molar-refractivity contribution in [3.05, 3.63) is 264 Å². The van der Waals surface area contributed by atoms with Gasteiger partial charge in [-0.1, -0.05) is 200 Å². The number of benzene rings is 9. The van der Waals surface area contributed by atoms with Crippen molar-refractivity contribution >= 4 is 0 Å². The van der Waals surface area contributed by atoms with Crippen LogP contribution in [0.4, 0.5) is 0 Å². The van der Waals surface area contributed by atoms with Crippen LogP contribution in [0.1, 0.15) is 27.8 Å². The Labute approximate surface area is 399 Å². The molecule has 1 aliphatic rings. The van der Waals surface area contributed by atoms with E-state index >= 15 is 0 Å². The Morgan fingerprint density at radius 1 is 0.275 bits per heavy atom. The van der Waals surface area contributed by atoms with Crippen molar-refractivity contribution < 1.29 is 0 Å². The molecule has 69 heavy (non-hydrogen) atoms. The SMILES string of the molecule is N#Cc1ccc2c(c1)C(c1ccccc1)(c1ccccc1)c1cc(-c3cc(-c4nc(-c5ccccc5)nc(-c5ccccc5)n4)cc(-c4nc(-c5ccccc5)nc(-c5ccccc5)n4)c3)ccc1-2. The van der Waals surface area contributed by atoms with E-state index in [1.807, 2.05) is 127 Å². The zero-order valence-electron chi connectivity index (χ0n) is 37.1. The molecular formula is C62H39N7. The summed E-state index contributed by atoms with van der Waals surface area (Å²) in [5, 5.41) is 10.3. The van der Waals surface area contributed by atoms with Gasteiger partial charge in [0.25, 0.3) is 0 Å². The number of rotatable bonds is 9. The fourth-order valence-electron chi connectivity index (χ4n) is 9.67. The molecule has 2 aromatic heterocycles. The molecule has 0 radical (unpaired) electrons. The molecule has 2 heterocycles. The number of hydrogen-bond donors (Lipinski definition) is 0. The van der Waals surface area contributed by atoms with E-state index in [-0.39, 0.29) is 0 Å². The van der Waals surface area contributed by atoms with Gasteiger partial charge in [0.2, 0.25) is 0 Å². The lowest BCUT2D eigenvalue weighted by Crippen LogP contribution is -2.28. The number of hydrogen-bond acceptors (Lipinski definition) is 7. The fourth-order valence-corrected chi connectivity index (χ4v) is 9.67. The largest absolute Gasteiger partial charge is 0.208 e. The van der Waals surface area contributed by atoms with Gasteiger partial charge in [0.15, 0.2) is 34.9 Å². The van der Waals surface area contributed by atoms with Crippen LogP contribution in [0.25, 0.3) is 90.6 Å². The van der Waals surface area contributed by atoms with Crippen molar-refractivity contribution in [3.63, 3.8) is 0 Å². The van der Waals surface area contributed by atoms with Gasteiger partial charge in [-0.25, -0.2) is 29.9 Å². The van der Waals surface area contributed by atoms with Gasteiger partial charge in [-0.3, -0.25) is 0 Å². The Kier molecular flexibility index (Phi) is 10.3. The molecule has 0 unspecified atom stereocenters. The van der Waals surface area contributed by atoms with E-state index in [0.717, 1.165) is 77.9 Å². The van der Waals surface area contributed by atoms with Crippen molar-refractivity contribution in [2.45, 2.75) is 5.41 Å². The second-order valence-corrected chi connectivity index (χ2v) is 17.0. The number of nitrogens with zero attached hydrogens (tertiary/aromatic N) is 7. The number of nitriles is 1. The minimum Gasteiger partial charge on any atom is -0.208 e. The van der Waals surface area contributed by atoms with Gasteiger partial charge in [-0.05, 0) is 80.9 Å². The summed E-state index contributed by atoms with van der Waals surface area (Å²) in [7, 11) is 0. The molecule has 322 valence electrons. The van der Waals surface area contributed by atoms with E-state index in [4.69, 9.17) is 29.9 Å². The van der Waals surface area contributed by atoms with E-state index < -0.39 is 5.41 Å². The van der Waals surface area contributed by atoms with Crippen molar-refractivity contribution in [1.29, 1.82) is 5.26 Å². The summed E-state index contributed by atoms with van der Waals surface area (Å²) >= 11 is 0. The lowest BCUT2D eigenvalue weighted by atomic mass is 9.67. The first kappa shape index (κ1) is 41.0. The second kappa shape index (κ2) is 17.4. The zero-order valence-corrected chi connectivity index (χ0v) is 37.1. The van der Waals surface area contributed by atoms with Crippen LogP contribution < -0.4 is 0 Å². The molecule has 0 bridgehead atoms. The smallest absolute Gasteiger partial charge is 0.164 e. The van der Waals surface area contributed by atoms with Gasteiger partial charge >= 0.3 is 0 Å². The van der Waals surface area contributed by atoms with Gasteiger partial charge in [0, 0.05) is 33.4 Å². The summed E-state index contributed by atoms with van der Waals surface area (Å²) in [6.45, 7) is 0. The highest BCUT2D eigenvalue weighted by molar-refractivity contribution is 5.90. The highest BCUT2D eigenvalue weighted by atomic mass is 15.0. The van der Waals surface area contributed by atoms with E-state index in [1.54, 1.807) is 0 Å². The monoisotopic (exact) mass is 881 g/mol. The molecule has 1 aliphatic carbocycles. The molecule has 0 aliphatic heterocycles. The molecular weight excluding hydrogens is 843 g/mol. The van der Waals surface area contributed by atoms with Crippen LogP contribution in [-0.4, -0.2) is 29.9 Å². The van der Waals surface area contributed by atoms with Crippen LogP contribution >= 0.6 is 0 Å². The van der Waals surface area contributed by atoms with Crippen LogP contribution in [-0.2, 0) is 5.41 Å². The maximum absolute atomic E-state index is 10.3. The van der Waals surface area contributed by atoms with Gasteiger partial charge in [0.05, 0.1) is 17.0 Å². The molecule has 0 saturated carbocycles. The standard InChI is InChI=1S/C62H39N7/c63-40-41-31-33-52-53-34-32-46(39-55(53)62(54(52)35-41,50-27-15-5-16-28-50)51-29-17-6-18-30-51)47-36-48(60-66-56(42-19-7-1-8-20-42)64-57(67-60)43-21-9-2-10-22-43)38-49(37-47)61-68-58(44-23-11-3-12-24-44)65-59(69-61)45-25-13-4-14-26-45/h1-39H. The topological polar surface area (TPSA) is 101 Å². The summed E-state index contributed by atoms with van der Waals surface area (Å²) in [5.74, 6) is 3.26. The second-order valence-electron chi connectivity index (χ2n) is 17.0. The van der Waals surface area contributed by atoms with Gasteiger partial charge in [-0.2, -0.15) is 5.26 Å². The lowest BCUT2D eigenvalue weighted by molar-refractivity contribution is 0.768. The zero-order chi connectivity index (χ0) is 46.2. The summed E-state index contributed by atoms with van der Waals surface area (Å²) in [6.07, 6.45) is 0. The summed E-state index contributed by atoms with van der Waals surface area (Å²) in [6, 6.07) is 82.9. The third-order valence-corrected chi connectivity index (χ3v) is 12.9. The highest BCUT2D eigenvalue weighted by Gasteiger charge is 2.46. The summed E-state index contributed by atoms with van der Waals surface area (Å²) in [4.78, 5) is 30.8. The Bertz CT molecular complexity index is 3410. The molecule has 12 rings (SSSR count). The molecule has 7 nitrogen and oxygen atoms in total. The average molecular weight is 882 g/mol. The Hall–Kier alpha value is -9.51. The van der Waals surface area contributed by atoms with Crippen molar-refractivity contribution in [1.82, 2.24) is 29.9 Å². The number of fused-ring (bicyclic) bond motifs is 3. The first-order valence-corrected chi connectivity index (χ1v) is 22.8. The fraction of sp³-hybridized carbons (Fsp3) is 0.0161. The molecule has 0 spiro atoms. The third-order valence-electron chi connectivity index (χ3n) is 12.9. The summed E-state index contributed by atoms with van der Waals surface area (Å²) in [5.41, 5.74) is 13.4. The van der Waals surface area contributed by atoms with Crippen LogP contribution in [0.3, 0.4) is 0 Å². The van der Waals surface area contributed by atoms with E-state index in [9.17, 15) is 5.26 Å². The van der Waals surface area contributed by atoms with Gasteiger partial charge < -0.3 is 0 Å². The van der Waals surface area contributed by atoms with Gasteiger partial charge in [-0.15, -0.1) is 0 Å². The molecule has 9 aromatic carbocycles. The first-order valence-electron chi connectivity index (χ1n) is 22.8. The summed E-state index contributed by atoms with van der Waals surface area (Å²) < 4.78 is 0. The molecule has 0 amide bonds. The van der Waals surface area contributed by atoms with Crippen LogP contribution in [0.15, 0.2) is 237 Å². The number of aromatic nitrogens is 6. The van der Waals surface area contributed by atoms with E-state index in [2.05, 4.69) is 115 Å². The minimum absolute atomic E-state index is 0.506. The van der Waals surface area contributed by atoms with E-state index in [0.29, 0.717) is 40.5 Å². The highest BCUT2D eigenvalue weighted by Crippen LogP contribution is 2.57. The van der Waals surface area contributed by atoms with Crippen molar-refractivity contribution in [2.24, 2.45) is 0 Å². The average Bonchev–Trinajstić information content (AvgIpc) is 3.73. The molecule has 0 fully saturated rings. The van der Waals surface area contributed by atoms with Gasteiger partial charge in [0.1, 0.15) is 0 Å². The Morgan fingerprint density at radius 3 is 0.971 bits per heavy atom.